The number of hydrogen-bond donors (Lipinski definition) is 0. The van der Waals surface area contributed by atoms with E-state index in [0.717, 1.165) is 6.61 Å². The Morgan fingerprint density at radius 3 is 2.56 bits per heavy atom. The van der Waals surface area contributed by atoms with E-state index in [9.17, 15) is 0 Å². The topological polar surface area (TPSA) is 12.5 Å². The minimum absolute atomic E-state index is 0.628. The van der Waals surface area contributed by atoms with Crippen LogP contribution in [0, 0.1) is 0 Å². The van der Waals surface area contributed by atoms with Crippen molar-refractivity contribution in [3.05, 3.63) is 0 Å². The lowest BCUT2D eigenvalue weighted by atomic mass is 10.1. The van der Waals surface area contributed by atoms with Crippen molar-refractivity contribution in [3.8, 4) is 0 Å². The summed E-state index contributed by atoms with van der Waals surface area (Å²) in [5.74, 6) is 0. The molecule has 1 heterocycles. The van der Waals surface area contributed by atoms with Gasteiger partial charge in [0.05, 0.1) is 6.61 Å². The highest BCUT2D eigenvalue weighted by atomic mass is 16.5. The molecule has 2 heteroatoms. The first-order valence-corrected chi connectivity index (χ1v) is 3.57. The lowest BCUT2D eigenvalue weighted by Gasteiger charge is -2.35. The van der Waals surface area contributed by atoms with Crippen LogP contribution in [0.5, 0.6) is 0 Å². The number of hydrogen-bond acceptors (Lipinski definition) is 2. The molecule has 0 aliphatic carbocycles. The van der Waals surface area contributed by atoms with Crippen LogP contribution in [0.3, 0.4) is 0 Å². The van der Waals surface area contributed by atoms with E-state index in [-0.39, 0.29) is 0 Å². The zero-order chi connectivity index (χ0) is 6.69. The molecule has 1 atom stereocenters. The van der Waals surface area contributed by atoms with Crippen LogP contribution < -0.4 is 0 Å². The van der Waals surface area contributed by atoms with Gasteiger partial charge in [0.25, 0.3) is 0 Å². The molecule has 1 fully saturated rings. The molecule has 1 aliphatic heterocycles. The third-order valence-electron chi connectivity index (χ3n) is 1.92. The van der Waals surface area contributed by atoms with Crippen LogP contribution in [0.4, 0.5) is 0 Å². The SMILES string of the molecule is COC[C@H](C)N1CCC1. The lowest BCUT2D eigenvalue weighted by Crippen LogP contribution is -2.45. The molecule has 1 aliphatic rings. The Morgan fingerprint density at radius 1 is 1.56 bits per heavy atom. The van der Waals surface area contributed by atoms with Crippen molar-refractivity contribution in [1.82, 2.24) is 4.90 Å². The maximum absolute atomic E-state index is 5.02. The summed E-state index contributed by atoms with van der Waals surface area (Å²) in [4.78, 5) is 2.43. The highest BCUT2D eigenvalue weighted by Gasteiger charge is 2.19. The first-order valence-electron chi connectivity index (χ1n) is 3.57. The predicted octanol–water partition coefficient (Wildman–Crippen LogP) is 0.727. The van der Waals surface area contributed by atoms with E-state index in [4.69, 9.17) is 4.74 Å². The van der Waals surface area contributed by atoms with Crippen molar-refractivity contribution < 1.29 is 4.74 Å². The van der Waals surface area contributed by atoms with Crippen molar-refractivity contribution in [3.63, 3.8) is 0 Å². The Balaban J connectivity index is 2.08. The van der Waals surface area contributed by atoms with Crippen molar-refractivity contribution >= 4 is 0 Å². The molecule has 1 saturated heterocycles. The van der Waals surface area contributed by atoms with Gasteiger partial charge in [0, 0.05) is 13.2 Å². The summed E-state index contributed by atoms with van der Waals surface area (Å²) < 4.78 is 5.02. The van der Waals surface area contributed by atoms with E-state index in [2.05, 4.69) is 11.8 Å². The molecule has 0 amide bonds. The quantitative estimate of drug-likeness (QED) is 0.557. The van der Waals surface area contributed by atoms with Gasteiger partial charge in [0.1, 0.15) is 0 Å². The monoisotopic (exact) mass is 129 g/mol. The second-order valence-corrected chi connectivity index (χ2v) is 2.69. The molecule has 9 heavy (non-hydrogen) atoms. The number of rotatable bonds is 3. The summed E-state index contributed by atoms with van der Waals surface area (Å²) in [7, 11) is 1.76. The second kappa shape index (κ2) is 3.18. The van der Waals surface area contributed by atoms with Crippen molar-refractivity contribution in [2.45, 2.75) is 19.4 Å². The van der Waals surface area contributed by atoms with Crippen LogP contribution >= 0.6 is 0 Å². The average Bonchev–Trinajstić information content (AvgIpc) is 1.60. The van der Waals surface area contributed by atoms with Gasteiger partial charge in [-0.25, -0.2) is 0 Å². The van der Waals surface area contributed by atoms with Crippen LogP contribution in [0.25, 0.3) is 0 Å². The van der Waals surface area contributed by atoms with Crippen LogP contribution in [-0.4, -0.2) is 37.7 Å². The molecule has 2 nitrogen and oxygen atoms in total. The van der Waals surface area contributed by atoms with E-state index < -0.39 is 0 Å². The molecule has 0 saturated carbocycles. The molecule has 0 aromatic carbocycles. The minimum atomic E-state index is 0.628. The summed E-state index contributed by atoms with van der Waals surface area (Å²) in [6.45, 7) is 5.62. The maximum atomic E-state index is 5.02. The smallest absolute Gasteiger partial charge is 0.0615 e. The van der Waals surface area contributed by atoms with Crippen molar-refractivity contribution in [2.75, 3.05) is 26.8 Å². The first-order chi connectivity index (χ1) is 4.34. The van der Waals surface area contributed by atoms with Gasteiger partial charge in [0.2, 0.25) is 0 Å². The second-order valence-electron chi connectivity index (χ2n) is 2.69. The van der Waals surface area contributed by atoms with Gasteiger partial charge >= 0.3 is 0 Å². The van der Waals surface area contributed by atoms with E-state index in [1.54, 1.807) is 7.11 Å². The van der Waals surface area contributed by atoms with Gasteiger partial charge in [0.15, 0.2) is 0 Å². The van der Waals surface area contributed by atoms with Gasteiger partial charge in [-0.05, 0) is 26.4 Å². The van der Waals surface area contributed by atoms with E-state index in [0.29, 0.717) is 6.04 Å². The van der Waals surface area contributed by atoms with E-state index in [1.165, 1.54) is 19.5 Å². The van der Waals surface area contributed by atoms with Crippen LogP contribution in [0.15, 0.2) is 0 Å². The molecule has 0 bridgehead atoms. The molecule has 0 N–H and O–H groups in total. The van der Waals surface area contributed by atoms with Gasteiger partial charge in [-0.1, -0.05) is 0 Å². The normalized spacial score (nSPS) is 23.3. The molecular weight excluding hydrogens is 114 g/mol. The van der Waals surface area contributed by atoms with Crippen LogP contribution in [0.2, 0.25) is 0 Å². The molecule has 0 aromatic heterocycles. The molecule has 0 radical (unpaired) electrons. The fraction of sp³-hybridized carbons (Fsp3) is 1.00. The Bertz CT molecular complexity index is 81.0. The molecular formula is C7H15NO. The zero-order valence-electron chi connectivity index (χ0n) is 6.26. The summed E-state index contributed by atoms with van der Waals surface area (Å²) in [6, 6.07) is 0.628. The summed E-state index contributed by atoms with van der Waals surface area (Å²) in [5.41, 5.74) is 0. The number of ether oxygens (including phenoxy) is 1. The Kier molecular flexibility index (Phi) is 2.49. The maximum Gasteiger partial charge on any atom is 0.0615 e. The summed E-state index contributed by atoms with van der Waals surface area (Å²) in [5, 5.41) is 0. The third kappa shape index (κ3) is 1.66. The van der Waals surface area contributed by atoms with E-state index in [1.807, 2.05) is 0 Å². The Morgan fingerprint density at radius 2 is 2.22 bits per heavy atom. The van der Waals surface area contributed by atoms with Crippen LogP contribution in [-0.2, 0) is 4.74 Å². The average molecular weight is 129 g/mol. The minimum Gasteiger partial charge on any atom is -0.383 e. The fourth-order valence-corrected chi connectivity index (χ4v) is 1.13. The lowest BCUT2D eigenvalue weighted by molar-refractivity contribution is 0.0607. The Labute approximate surface area is 56.8 Å². The van der Waals surface area contributed by atoms with Gasteiger partial charge in [-0.2, -0.15) is 0 Å². The third-order valence-corrected chi connectivity index (χ3v) is 1.92. The van der Waals surface area contributed by atoms with Gasteiger partial charge in [-0.3, -0.25) is 4.90 Å². The standard InChI is InChI=1S/C7H15NO/c1-7(6-9-2)8-4-3-5-8/h7H,3-6H2,1-2H3/t7-/m0/s1. The van der Waals surface area contributed by atoms with Crippen molar-refractivity contribution in [1.29, 1.82) is 0 Å². The van der Waals surface area contributed by atoms with Gasteiger partial charge in [-0.15, -0.1) is 0 Å². The highest BCUT2D eigenvalue weighted by Crippen LogP contribution is 2.10. The first kappa shape index (κ1) is 7.03. The number of nitrogens with zero attached hydrogens (tertiary/aromatic N) is 1. The molecule has 0 spiro atoms. The van der Waals surface area contributed by atoms with E-state index >= 15 is 0 Å². The summed E-state index contributed by atoms with van der Waals surface area (Å²) in [6.07, 6.45) is 1.37. The number of methoxy groups -OCH3 is 1. The fourth-order valence-electron chi connectivity index (χ4n) is 1.13. The summed E-state index contributed by atoms with van der Waals surface area (Å²) >= 11 is 0. The molecule has 54 valence electrons. The highest BCUT2D eigenvalue weighted by molar-refractivity contribution is 4.74. The van der Waals surface area contributed by atoms with Crippen molar-refractivity contribution in [2.24, 2.45) is 0 Å². The Hall–Kier alpha value is -0.0800. The zero-order valence-corrected chi connectivity index (χ0v) is 6.26. The number of likely N-dealkylation sites (tertiary alicyclic amines) is 1. The molecule has 0 aromatic rings. The molecule has 0 unspecified atom stereocenters. The van der Waals surface area contributed by atoms with Crippen LogP contribution in [0.1, 0.15) is 13.3 Å². The van der Waals surface area contributed by atoms with Gasteiger partial charge < -0.3 is 4.74 Å². The largest absolute Gasteiger partial charge is 0.383 e. The molecule has 1 rings (SSSR count). The predicted molar refractivity (Wildman–Crippen MR) is 37.5 cm³/mol.